The number of anilines is 1. The van der Waals surface area contributed by atoms with Crippen molar-refractivity contribution in [3.63, 3.8) is 0 Å². The van der Waals surface area contributed by atoms with E-state index in [1.54, 1.807) is 19.6 Å². The first-order valence-corrected chi connectivity index (χ1v) is 6.14. The highest BCUT2D eigenvalue weighted by molar-refractivity contribution is 6.37. The molecule has 1 unspecified atom stereocenters. The quantitative estimate of drug-likeness (QED) is 0.759. The number of rotatable bonds is 2. The smallest absolute Gasteiger partial charge is 0.265 e. The van der Waals surface area contributed by atoms with Gasteiger partial charge in [0.05, 0.1) is 18.2 Å². The van der Waals surface area contributed by atoms with Gasteiger partial charge in [-0.3, -0.25) is 19.9 Å². The van der Waals surface area contributed by atoms with Gasteiger partial charge in [0, 0.05) is 15.0 Å². The third kappa shape index (κ3) is 2.64. The van der Waals surface area contributed by atoms with E-state index in [1.807, 2.05) is 4.57 Å². The molecule has 0 bridgehead atoms. The first-order chi connectivity index (χ1) is 9.00. The topological polar surface area (TPSA) is 91.1 Å². The van der Waals surface area contributed by atoms with Gasteiger partial charge in [0.1, 0.15) is 11.9 Å². The van der Waals surface area contributed by atoms with Crippen LogP contribution in [0.2, 0.25) is 0 Å². The molecule has 2 rings (SSSR count). The summed E-state index contributed by atoms with van der Waals surface area (Å²) < 4.78 is 1.91. The Morgan fingerprint density at radius 2 is 2.37 bits per heavy atom. The Balaban J connectivity index is 0.00000200. The van der Waals surface area contributed by atoms with Crippen LogP contribution in [-0.2, 0) is 16.1 Å². The minimum absolute atomic E-state index is 0. The van der Waals surface area contributed by atoms with Crippen LogP contribution in [-0.4, -0.2) is 40.2 Å². The number of fused-ring (bicyclic) bond motifs is 1. The summed E-state index contributed by atoms with van der Waals surface area (Å²) in [5.41, 5.74) is -0.0949. The van der Waals surface area contributed by atoms with Crippen molar-refractivity contribution < 1.29 is 11.0 Å². The summed E-state index contributed by atoms with van der Waals surface area (Å²) in [6.45, 7) is 2.16. The highest BCUT2D eigenvalue weighted by Crippen LogP contribution is 2.18. The lowest BCUT2D eigenvalue weighted by molar-refractivity contribution is -0.124. The maximum atomic E-state index is 12.3. The SMILES string of the molecule is CC(=N)C(=O)NC1CCCn2cncc2N(C)C1=O.[HH]. The van der Waals surface area contributed by atoms with E-state index in [0.717, 1.165) is 18.8 Å². The van der Waals surface area contributed by atoms with Gasteiger partial charge in [-0.2, -0.15) is 0 Å². The molecule has 0 fully saturated rings. The van der Waals surface area contributed by atoms with Crippen LogP contribution in [0.25, 0.3) is 0 Å². The van der Waals surface area contributed by atoms with E-state index < -0.39 is 11.9 Å². The molecular formula is C12H19N5O2. The van der Waals surface area contributed by atoms with Crippen LogP contribution in [0.4, 0.5) is 5.82 Å². The van der Waals surface area contributed by atoms with Gasteiger partial charge in [-0.05, 0) is 19.8 Å². The molecule has 1 atom stereocenters. The average molecular weight is 265 g/mol. The highest BCUT2D eigenvalue weighted by Gasteiger charge is 2.28. The molecule has 1 aliphatic heterocycles. The Hall–Kier alpha value is -2.18. The highest BCUT2D eigenvalue weighted by atomic mass is 16.2. The second kappa shape index (κ2) is 5.21. The van der Waals surface area contributed by atoms with Crippen molar-refractivity contribution in [2.45, 2.75) is 32.4 Å². The maximum Gasteiger partial charge on any atom is 0.265 e. The normalized spacial score (nSPS) is 19.4. The Morgan fingerprint density at radius 3 is 3.05 bits per heavy atom. The van der Waals surface area contributed by atoms with E-state index in [4.69, 9.17) is 5.41 Å². The van der Waals surface area contributed by atoms with Crippen LogP contribution in [0.3, 0.4) is 0 Å². The van der Waals surface area contributed by atoms with Gasteiger partial charge in [-0.1, -0.05) is 0 Å². The lowest BCUT2D eigenvalue weighted by atomic mass is 10.1. The minimum Gasteiger partial charge on any atom is -0.339 e. The molecule has 2 amide bonds. The standard InChI is InChI=1S/C12H17N5O2.H2/c1-8(13)11(18)15-9-4-3-5-17-7-14-6-10(17)16(2)12(9)19;/h6-7,9,13H,3-5H2,1-2H3,(H,15,18);1H. The number of hydrogen-bond donors (Lipinski definition) is 2. The predicted octanol–water partition coefficient (Wildman–Crippen LogP) is 0.410. The Bertz CT molecular complexity index is 528. The van der Waals surface area contributed by atoms with Crippen LogP contribution in [0.1, 0.15) is 21.2 Å². The van der Waals surface area contributed by atoms with Gasteiger partial charge in [-0.25, -0.2) is 4.98 Å². The second-order valence-electron chi connectivity index (χ2n) is 4.64. The first-order valence-electron chi connectivity index (χ1n) is 6.14. The fraction of sp³-hybridized carbons (Fsp3) is 0.500. The zero-order chi connectivity index (χ0) is 14.0. The van der Waals surface area contributed by atoms with Crippen molar-refractivity contribution in [1.82, 2.24) is 14.9 Å². The number of amides is 2. The number of carbonyl (C=O) groups excluding carboxylic acids is 2. The van der Waals surface area contributed by atoms with Crippen molar-refractivity contribution in [1.29, 1.82) is 5.41 Å². The van der Waals surface area contributed by atoms with Gasteiger partial charge < -0.3 is 9.88 Å². The summed E-state index contributed by atoms with van der Waals surface area (Å²) in [5, 5.41) is 9.88. The number of nitrogens with one attached hydrogen (secondary N) is 2. The number of imidazole rings is 1. The summed E-state index contributed by atoms with van der Waals surface area (Å²) >= 11 is 0. The summed E-state index contributed by atoms with van der Waals surface area (Å²) in [7, 11) is 1.66. The van der Waals surface area contributed by atoms with E-state index in [2.05, 4.69) is 10.3 Å². The molecule has 19 heavy (non-hydrogen) atoms. The van der Waals surface area contributed by atoms with Crippen LogP contribution in [0.15, 0.2) is 12.5 Å². The van der Waals surface area contributed by atoms with Crippen LogP contribution < -0.4 is 10.2 Å². The predicted molar refractivity (Wildman–Crippen MR) is 72.3 cm³/mol. The van der Waals surface area contributed by atoms with Gasteiger partial charge in [0.2, 0.25) is 5.91 Å². The number of aryl methyl sites for hydroxylation is 1. The second-order valence-corrected chi connectivity index (χ2v) is 4.64. The first kappa shape index (κ1) is 13.3. The van der Waals surface area contributed by atoms with Gasteiger partial charge in [-0.15, -0.1) is 0 Å². The van der Waals surface area contributed by atoms with Crippen molar-refractivity contribution >= 4 is 23.3 Å². The molecular weight excluding hydrogens is 246 g/mol. The molecule has 104 valence electrons. The van der Waals surface area contributed by atoms with Crippen LogP contribution >= 0.6 is 0 Å². The molecule has 0 saturated carbocycles. The lowest BCUT2D eigenvalue weighted by Gasteiger charge is -2.27. The zero-order valence-corrected chi connectivity index (χ0v) is 11.0. The summed E-state index contributed by atoms with van der Waals surface area (Å²) in [5.74, 6) is 0.0346. The summed E-state index contributed by atoms with van der Waals surface area (Å²) in [6.07, 6.45) is 4.65. The van der Waals surface area contributed by atoms with Gasteiger partial charge >= 0.3 is 0 Å². The summed E-state index contributed by atoms with van der Waals surface area (Å²) in [4.78, 5) is 29.4. The molecule has 7 heteroatoms. The van der Waals surface area contributed by atoms with Crippen LogP contribution in [0, 0.1) is 5.41 Å². The minimum atomic E-state index is -0.582. The fourth-order valence-electron chi connectivity index (χ4n) is 2.10. The molecule has 0 aromatic carbocycles. The van der Waals surface area contributed by atoms with Crippen molar-refractivity contribution in [3.8, 4) is 0 Å². The Labute approximate surface area is 112 Å². The monoisotopic (exact) mass is 265 g/mol. The molecule has 0 saturated heterocycles. The van der Waals surface area contributed by atoms with Crippen LogP contribution in [0.5, 0.6) is 0 Å². The van der Waals surface area contributed by atoms with Crippen molar-refractivity contribution in [2.75, 3.05) is 11.9 Å². The van der Waals surface area contributed by atoms with E-state index in [0.29, 0.717) is 6.42 Å². The van der Waals surface area contributed by atoms with Crippen molar-refractivity contribution in [3.05, 3.63) is 12.5 Å². The zero-order valence-electron chi connectivity index (χ0n) is 11.0. The Morgan fingerprint density at radius 1 is 1.63 bits per heavy atom. The van der Waals surface area contributed by atoms with Gasteiger partial charge in [0.25, 0.3) is 5.91 Å². The fourth-order valence-corrected chi connectivity index (χ4v) is 2.10. The van der Waals surface area contributed by atoms with Gasteiger partial charge in [0.15, 0.2) is 0 Å². The van der Waals surface area contributed by atoms with E-state index in [1.165, 1.54) is 11.8 Å². The molecule has 0 aliphatic carbocycles. The number of likely N-dealkylation sites (N-methyl/N-ethyl adjacent to an activating group) is 1. The third-order valence-electron chi connectivity index (χ3n) is 3.20. The summed E-state index contributed by atoms with van der Waals surface area (Å²) in [6, 6.07) is -0.582. The third-order valence-corrected chi connectivity index (χ3v) is 3.20. The van der Waals surface area contributed by atoms with E-state index >= 15 is 0 Å². The molecule has 2 heterocycles. The molecule has 1 aromatic heterocycles. The molecule has 0 radical (unpaired) electrons. The number of aromatic nitrogens is 2. The molecule has 7 nitrogen and oxygen atoms in total. The molecule has 2 N–H and O–H groups in total. The molecule has 0 spiro atoms. The lowest BCUT2D eigenvalue weighted by Crippen LogP contribution is -2.50. The van der Waals surface area contributed by atoms with E-state index in [9.17, 15) is 9.59 Å². The molecule has 1 aliphatic rings. The largest absolute Gasteiger partial charge is 0.339 e. The number of nitrogens with zero attached hydrogens (tertiary/aromatic N) is 3. The van der Waals surface area contributed by atoms with Crippen molar-refractivity contribution in [2.24, 2.45) is 0 Å². The number of carbonyl (C=O) groups is 2. The van der Waals surface area contributed by atoms with E-state index in [-0.39, 0.29) is 13.0 Å². The number of hydrogen-bond acceptors (Lipinski definition) is 4. The Kier molecular flexibility index (Phi) is 3.64. The molecule has 1 aromatic rings. The maximum absolute atomic E-state index is 12.3. The average Bonchev–Trinajstić information content (AvgIpc) is 2.82.